The topological polar surface area (TPSA) is 118 Å². The average Bonchev–Trinajstić information content (AvgIpc) is 2.98. The van der Waals surface area contributed by atoms with Crippen LogP contribution in [0.4, 0.5) is 11.6 Å². The molecular weight excluding hydrogens is 336 g/mol. The normalized spacial score (nSPS) is 20.2. The molecule has 3 aromatic heterocycles. The Bertz CT molecular complexity index is 974. The highest BCUT2D eigenvalue weighted by molar-refractivity contribution is 5.72. The number of ether oxygens (including phenoxy) is 1. The fourth-order valence-corrected chi connectivity index (χ4v) is 3.40. The molecule has 1 fully saturated rings. The Hall–Kier alpha value is -2.94. The minimum Gasteiger partial charge on any atom is -0.480 e. The molecule has 0 aromatic carbocycles. The number of hydrogen-bond acceptors (Lipinski definition) is 7. The molecule has 0 radical (unpaired) electrons. The second-order valence-electron chi connectivity index (χ2n) is 6.38. The molecule has 0 saturated heterocycles. The number of H-pyrrole nitrogens is 1. The van der Waals surface area contributed by atoms with E-state index in [1.165, 1.54) is 0 Å². The van der Waals surface area contributed by atoms with Crippen molar-refractivity contribution in [2.75, 3.05) is 12.4 Å². The van der Waals surface area contributed by atoms with Gasteiger partial charge in [0.25, 0.3) is 0 Å². The van der Waals surface area contributed by atoms with Gasteiger partial charge in [0.15, 0.2) is 5.65 Å². The number of rotatable bonds is 4. The Morgan fingerprint density at radius 3 is 2.88 bits per heavy atom. The van der Waals surface area contributed by atoms with Gasteiger partial charge in [0.2, 0.25) is 11.8 Å². The lowest BCUT2D eigenvalue weighted by Crippen LogP contribution is -2.27. The fourth-order valence-electron chi connectivity index (χ4n) is 3.40. The Morgan fingerprint density at radius 1 is 1.31 bits per heavy atom. The van der Waals surface area contributed by atoms with E-state index >= 15 is 0 Å². The van der Waals surface area contributed by atoms with Crippen LogP contribution >= 0.6 is 0 Å². The zero-order chi connectivity index (χ0) is 18.1. The summed E-state index contributed by atoms with van der Waals surface area (Å²) in [6.45, 7) is 0. The number of aromatic amines is 1. The van der Waals surface area contributed by atoms with Crippen molar-refractivity contribution >= 4 is 22.8 Å². The molecule has 3 heterocycles. The second kappa shape index (κ2) is 6.75. The molecule has 0 unspecified atom stereocenters. The quantitative estimate of drug-likeness (QED) is 0.651. The van der Waals surface area contributed by atoms with Gasteiger partial charge in [0.1, 0.15) is 11.2 Å². The fraction of sp³-hybridized carbons (Fsp3) is 0.412. The number of aliphatic hydroxyl groups excluding tert-OH is 1. The van der Waals surface area contributed by atoms with Gasteiger partial charge in [0.05, 0.1) is 19.4 Å². The third kappa shape index (κ3) is 3.01. The van der Waals surface area contributed by atoms with Crippen LogP contribution in [-0.4, -0.2) is 42.8 Å². The first-order valence-corrected chi connectivity index (χ1v) is 8.57. The minimum absolute atomic E-state index is 0.0235. The monoisotopic (exact) mass is 356 g/mol. The van der Waals surface area contributed by atoms with Crippen molar-refractivity contribution in [2.45, 2.75) is 37.8 Å². The Kier molecular flexibility index (Phi) is 4.29. The van der Waals surface area contributed by atoms with Crippen LogP contribution in [0.15, 0.2) is 29.3 Å². The van der Waals surface area contributed by atoms with E-state index in [2.05, 4.69) is 25.3 Å². The predicted octanol–water partition coefficient (Wildman–Crippen LogP) is 1.74. The Labute approximate surface area is 149 Å². The maximum atomic E-state index is 12.4. The van der Waals surface area contributed by atoms with E-state index in [0.717, 1.165) is 12.8 Å². The van der Waals surface area contributed by atoms with Crippen LogP contribution in [0, 0.1) is 0 Å². The summed E-state index contributed by atoms with van der Waals surface area (Å²) in [6.07, 6.45) is 5.81. The second-order valence-corrected chi connectivity index (χ2v) is 6.38. The first-order chi connectivity index (χ1) is 12.7. The number of nitrogens with zero attached hydrogens (tertiary/aromatic N) is 4. The van der Waals surface area contributed by atoms with Crippen LogP contribution in [-0.2, 0) is 0 Å². The van der Waals surface area contributed by atoms with Gasteiger partial charge < -0.3 is 20.1 Å². The number of fused-ring (bicyclic) bond motifs is 1. The Balaban J connectivity index is 1.70. The largest absolute Gasteiger partial charge is 0.480 e. The van der Waals surface area contributed by atoms with Crippen molar-refractivity contribution < 1.29 is 9.84 Å². The summed E-state index contributed by atoms with van der Waals surface area (Å²) in [6, 6.07) is 3.62. The number of aromatic nitrogens is 5. The highest BCUT2D eigenvalue weighted by Crippen LogP contribution is 2.30. The molecule has 3 aromatic rings. The van der Waals surface area contributed by atoms with Gasteiger partial charge in [0, 0.05) is 12.2 Å². The number of methoxy groups -OCH3 is 1. The van der Waals surface area contributed by atoms with Crippen LogP contribution in [0.5, 0.6) is 5.88 Å². The van der Waals surface area contributed by atoms with Gasteiger partial charge in [-0.25, -0.2) is 14.8 Å². The van der Waals surface area contributed by atoms with Gasteiger partial charge >= 0.3 is 5.69 Å². The number of hydrogen-bond donors (Lipinski definition) is 3. The maximum absolute atomic E-state index is 12.4. The van der Waals surface area contributed by atoms with Crippen LogP contribution in [0.3, 0.4) is 0 Å². The summed E-state index contributed by atoms with van der Waals surface area (Å²) in [4.78, 5) is 28.1. The van der Waals surface area contributed by atoms with Gasteiger partial charge in [-0.05, 0) is 37.8 Å². The standard InChI is InChI=1S/C17H20N6O3/c1-26-15-12(3-2-8-18-15)20-16-19-9-13-14(22-16)23(17(25)21-13)10-4-6-11(24)7-5-10/h2-3,8-11,24H,4-7H2,1H3,(H,21,25)(H,19,20,22)/t10-,11-. The first kappa shape index (κ1) is 16.5. The van der Waals surface area contributed by atoms with Gasteiger partial charge in [-0.3, -0.25) is 4.57 Å². The van der Waals surface area contributed by atoms with Gasteiger partial charge in [-0.15, -0.1) is 0 Å². The van der Waals surface area contributed by atoms with E-state index in [-0.39, 0.29) is 17.8 Å². The molecule has 1 saturated carbocycles. The van der Waals surface area contributed by atoms with Crippen molar-refractivity contribution in [3.05, 3.63) is 35.0 Å². The zero-order valence-electron chi connectivity index (χ0n) is 14.3. The van der Waals surface area contributed by atoms with Crippen molar-refractivity contribution in [3.63, 3.8) is 0 Å². The lowest BCUT2D eigenvalue weighted by Gasteiger charge is -2.26. The summed E-state index contributed by atoms with van der Waals surface area (Å²) in [7, 11) is 1.54. The van der Waals surface area contributed by atoms with Gasteiger partial charge in [-0.2, -0.15) is 4.98 Å². The molecule has 1 aliphatic carbocycles. The third-order valence-corrected chi connectivity index (χ3v) is 4.70. The predicted molar refractivity (Wildman–Crippen MR) is 95.7 cm³/mol. The highest BCUT2D eigenvalue weighted by atomic mass is 16.5. The Morgan fingerprint density at radius 2 is 2.12 bits per heavy atom. The lowest BCUT2D eigenvalue weighted by atomic mass is 9.93. The molecule has 0 spiro atoms. The lowest BCUT2D eigenvalue weighted by molar-refractivity contribution is 0.111. The first-order valence-electron chi connectivity index (χ1n) is 8.57. The molecule has 1 aliphatic rings. The summed E-state index contributed by atoms with van der Waals surface area (Å²) in [5.41, 5.74) is 1.58. The maximum Gasteiger partial charge on any atom is 0.327 e. The van der Waals surface area contributed by atoms with Crippen LogP contribution < -0.4 is 15.7 Å². The molecule has 0 atom stereocenters. The van der Waals surface area contributed by atoms with E-state index < -0.39 is 0 Å². The summed E-state index contributed by atoms with van der Waals surface area (Å²) >= 11 is 0. The van der Waals surface area contributed by atoms with E-state index in [0.29, 0.717) is 41.5 Å². The van der Waals surface area contributed by atoms with Crippen molar-refractivity contribution in [1.29, 1.82) is 0 Å². The molecule has 0 amide bonds. The summed E-state index contributed by atoms with van der Waals surface area (Å²) in [5.74, 6) is 0.788. The van der Waals surface area contributed by atoms with Gasteiger partial charge in [-0.1, -0.05) is 0 Å². The average molecular weight is 356 g/mol. The summed E-state index contributed by atoms with van der Waals surface area (Å²) in [5, 5.41) is 12.8. The highest BCUT2D eigenvalue weighted by Gasteiger charge is 2.24. The number of anilines is 2. The molecule has 136 valence electrons. The minimum atomic E-state index is -0.281. The van der Waals surface area contributed by atoms with Crippen LogP contribution in [0.25, 0.3) is 11.2 Å². The van der Waals surface area contributed by atoms with E-state index in [4.69, 9.17) is 4.74 Å². The van der Waals surface area contributed by atoms with Crippen LogP contribution in [0.1, 0.15) is 31.7 Å². The zero-order valence-corrected chi connectivity index (χ0v) is 14.3. The van der Waals surface area contributed by atoms with E-state index in [9.17, 15) is 9.90 Å². The SMILES string of the molecule is COc1ncccc1Nc1ncc2[nH]c(=O)n([C@H]3CC[C@H](O)CC3)c2n1. The molecule has 26 heavy (non-hydrogen) atoms. The molecule has 0 aliphatic heterocycles. The van der Waals surface area contributed by atoms with Crippen molar-refractivity contribution in [2.24, 2.45) is 0 Å². The number of aliphatic hydroxyl groups is 1. The molecule has 0 bridgehead atoms. The molecule has 3 N–H and O–H groups in total. The third-order valence-electron chi connectivity index (χ3n) is 4.70. The van der Waals surface area contributed by atoms with Crippen molar-refractivity contribution in [1.82, 2.24) is 24.5 Å². The molecule has 9 heteroatoms. The molecular formula is C17H20N6O3. The van der Waals surface area contributed by atoms with E-state index in [1.807, 2.05) is 6.07 Å². The molecule has 9 nitrogen and oxygen atoms in total. The smallest absolute Gasteiger partial charge is 0.327 e. The number of nitrogens with one attached hydrogen (secondary N) is 2. The summed E-state index contributed by atoms with van der Waals surface area (Å²) < 4.78 is 6.90. The van der Waals surface area contributed by atoms with Crippen molar-refractivity contribution in [3.8, 4) is 5.88 Å². The number of pyridine rings is 1. The number of imidazole rings is 1. The van der Waals surface area contributed by atoms with Crippen LogP contribution in [0.2, 0.25) is 0 Å². The molecule has 4 rings (SSSR count). The van der Waals surface area contributed by atoms with E-state index in [1.54, 1.807) is 30.1 Å².